The Bertz CT molecular complexity index is 602. The van der Waals surface area contributed by atoms with Gasteiger partial charge in [0, 0.05) is 32.1 Å². The van der Waals surface area contributed by atoms with Crippen LogP contribution in [0.1, 0.15) is 50.2 Å². The fourth-order valence-corrected chi connectivity index (χ4v) is 4.38. The second kappa shape index (κ2) is 7.38. The summed E-state index contributed by atoms with van der Waals surface area (Å²) in [6, 6.07) is 4.71. The van der Waals surface area contributed by atoms with E-state index in [2.05, 4.69) is 17.1 Å². The predicted octanol–water partition coefficient (Wildman–Crippen LogP) is 2.55. The summed E-state index contributed by atoms with van der Waals surface area (Å²) >= 11 is 0. The third-order valence-corrected chi connectivity index (χ3v) is 5.82. The van der Waals surface area contributed by atoms with Gasteiger partial charge >= 0.3 is 6.03 Å². The highest BCUT2D eigenvalue weighted by atomic mass is 16.5. The van der Waals surface area contributed by atoms with E-state index in [1.807, 2.05) is 17.0 Å². The highest BCUT2D eigenvalue weighted by Gasteiger charge is 2.34. The van der Waals surface area contributed by atoms with Crippen LogP contribution in [0.2, 0.25) is 0 Å². The average molecular weight is 347 g/mol. The van der Waals surface area contributed by atoms with Crippen molar-refractivity contribution in [3.63, 3.8) is 0 Å². The number of ether oxygens (including phenoxy) is 1. The van der Waals surface area contributed by atoms with Crippen molar-refractivity contribution in [3.05, 3.63) is 23.7 Å². The molecule has 1 aromatic heterocycles. The molecule has 3 fully saturated rings. The van der Waals surface area contributed by atoms with E-state index < -0.39 is 0 Å². The van der Waals surface area contributed by atoms with E-state index in [-0.39, 0.29) is 18.2 Å². The molecule has 4 heterocycles. The largest absolute Gasteiger partial charge is 0.464 e. The van der Waals surface area contributed by atoms with Crippen LogP contribution in [0.15, 0.2) is 16.5 Å². The van der Waals surface area contributed by atoms with E-state index in [1.54, 1.807) is 0 Å². The number of carbonyl (C=O) groups is 1. The zero-order chi connectivity index (χ0) is 17.2. The number of hydrogen-bond acceptors (Lipinski definition) is 4. The predicted molar refractivity (Wildman–Crippen MR) is 94.5 cm³/mol. The minimum absolute atomic E-state index is 0.00379. The quantitative estimate of drug-likeness (QED) is 0.909. The van der Waals surface area contributed by atoms with Crippen LogP contribution >= 0.6 is 0 Å². The van der Waals surface area contributed by atoms with Gasteiger partial charge in [-0.25, -0.2) is 4.79 Å². The lowest BCUT2D eigenvalue weighted by Crippen LogP contribution is -2.51. The first-order chi connectivity index (χ1) is 12.2. The van der Waals surface area contributed by atoms with Gasteiger partial charge in [-0.3, -0.25) is 4.90 Å². The van der Waals surface area contributed by atoms with E-state index >= 15 is 0 Å². The summed E-state index contributed by atoms with van der Waals surface area (Å²) in [6.45, 7) is 6.37. The van der Waals surface area contributed by atoms with Crippen LogP contribution in [-0.2, 0) is 11.2 Å². The average Bonchev–Trinajstić information content (AvgIpc) is 3.38. The minimum Gasteiger partial charge on any atom is -0.464 e. The van der Waals surface area contributed by atoms with Gasteiger partial charge < -0.3 is 19.4 Å². The normalized spacial score (nSPS) is 29.8. The third kappa shape index (κ3) is 3.55. The van der Waals surface area contributed by atoms with Crippen LogP contribution in [-0.4, -0.2) is 60.8 Å². The van der Waals surface area contributed by atoms with Crippen molar-refractivity contribution >= 4 is 6.03 Å². The maximum Gasteiger partial charge on any atom is 0.318 e. The van der Waals surface area contributed by atoms with Crippen LogP contribution < -0.4 is 5.32 Å². The number of fused-ring (bicyclic) bond motifs is 1. The smallest absolute Gasteiger partial charge is 0.318 e. The number of likely N-dealkylation sites (tertiary alicyclic amines) is 1. The van der Waals surface area contributed by atoms with Gasteiger partial charge in [-0.05, 0) is 44.4 Å². The molecule has 25 heavy (non-hydrogen) atoms. The first-order valence-electron chi connectivity index (χ1n) is 9.73. The van der Waals surface area contributed by atoms with Gasteiger partial charge in [0.25, 0.3) is 0 Å². The summed E-state index contributed by atoms with van der Waals surface area (Å²) in [5.74, 6) is 1.90. The summed E-state index contributed by atoms with van der Waals surface area (Å²) < 4.78 is 11.8. The number of morpholine rings is 1. The highest BCUT2D eigenvalue weighted by Crippen LogP contribution is 2.33. The van der Waals surface area contributed by atoms with Crippen molar-refractivity contribution in [2.24, 2.45) is 0 Å². The summed E-state index contributed by atoms with van der Waals surface area (Å²) in [6.07, 6.45) is 5.50. The first-order valence-corrected chi connectivity index (χ1v) is 9.73. The molecule has 0 saturated carbocycles. The maximum absolute atomic E-state index is 12.7. The number of amides is 2. The Kier molecular flexibility index (Phi) is 4.99. The molecule has 0 radical (unpaired) electrons. The molecule has 0 unspecified atom stereocenters. The van der Waals surface area contributed by atoms with Crippen molar-refractivity contribution in [3.8, 4) is 0 Å². The Morgan fingerprint density at radius 2 is 2.16 bits per heavy atom. The van der Waals surface area contributed by atoms with Gasteiger partial charge in [0.05, 0.1) is 18.8 Å². The Labute approximate surface area is 149 Å². The molecule has 3 aliphatic rings. The molecule has 1 aromatic rings. The zero-order valence-electron chi connectivity index (χ0n) is 15.1. The topological polar surface area (TPSA) is 58.0 Å². The molecule has 0 aliphatic carbocycles. The molecule has 2 amide bonds. The lowest BCUT2D eigenvalue weighted by atomic mass is 10.1. The molecular weight excluding hydrogens is 318 g/mol. The fourth-order valence-electron chi connectivity index (χ4n) is 4.38. The Balaban J connectivity index is 1.31. The lowest BCUT2D eigenvalue weighted by molar-refractivity contribution is -0.0461. The van der Waals surface area contributed by atoms with Gasteiger partial charge in [0.1, 0.15) is 11.5 Å². The van der Waals surface area contributed by atoms with Gasteiger partial charge in [-0.15, -0.1) is 0 Å². The van der Waals surface area contributed by atoms with Crippen LogP contribution in [0.3, 0.4) is 0 Å². The summed E-state index contributed by atoms with van der Waals surface area (Å²) in [5, 5.41) is 3.09. The van der Waals surface area contributed by atoms with Crippen molar-refractivity contribution in [1.82, 2.24) is 15.1 Å². The number of furan rings is 1. The zero-order valence-corrected chi connectivity index (χ0v) is 15.1. The van der Waals surface area contributed by atoms with Gasteiger partial charge in [0.2, 0.25) is 0 Å². The molecule has 6 nitrogen and oxygen atoms in total. The third-order valence-electron chi connectivity index (χ3n) is 5.82. The molecule has 4 rings (SSSR count). The molecular formula is C19H29N3O3. The molecule has 6 heteroatoms. The van der Waals surface area contributed by atoms with E-state index in [4.69, 9.17) is 9.15 Å². The maximum atomic E-state index is 12.7. The standard InChI is InChI=1S/C19H29N3O3/c1-2-15-7-8-18(25-15)17-6-4-10-22(17)19(23)20-11-16-12-21-9-3-5-14(21)13-24-16/h7-8,14,16-17H,2-6,9-13H2,1H3,(H,20,23)/t14-,16+,17-/m0/s1. The van der Waals surface area contributed by atoms with Gasteiger partial charge in [-0.1, -0.05) is 6.92 Å². The van der Waals surface area contributed by atoms with Crippen LogP contribution in [0.25, 0.3) is 0 Å². The lowest BCUT2D eigenvalue weighted by Gasteiger charge is -2.35. The highest BCUT2D eigenvalue weighted by molar-refractivity contribution is 5.75. The number of aryl methyl sites for hydroxylation is 1. The molecule has 138 valence electrons. The van der Waals surface area contributed by atoms with Crippen molar-refractivity contribution in [2.75, 3.05) is 32.8 Å². The van der Waals surface area contributed by atoms with Crippen molar-refractivity contribution < 1.29 is 13.9 Å². The molecule has 1 N–H and O–H groups in total. The number of urea groups is 1. The molecule has 0 aromatic carbocycles. The fraction of sp³-hybridized carbons (Fsp3) is 0.737. The number of rotatable bonds is 4. The van der Waals surface area contributed by atoms with Gasteiger partial charge in [-0.2, -0.15) is 0 Å². The second-order valence-corrected chi connectivity index (χ2v) is 7.44. The minimum atomic E-state index is 0.00379. The second-order valence-electron chi connectivity index (χ2n) is 7.44. The summed E-state index contributed by atoms with van der Waals surface area (Å²) in [4.78, 5) is 17.1. The number of carbonyl (C=O) groups excluding carboxylic acids is 1. The van der Waals surface area contributed by atoms with Crippen LogP contribution in [0.5, 0.6) is 0 Å². The Morgan fingerprint density at radius 1 is 1.28 bits per heavy atom. The molecule has 0 bridgehead atoms. The molecule has 0 spiro atoms. The summed E-state index contributed by atoms with van der Waals surface area (Å²) in [7, 11) is 0. The number of hydrogen-bond donors (Lipinski definition) is 1. The van der Waals surface area contributed by atoms with E-state index in [0.29, 0.717) is 12.6 Å². The molecule has 3 atom stereocenters. The monoisotopic (exact) mass is 347 g/mol. The van der Waals surface area contributed by atoms with Crippen LogP contribution in [0.4, 0.5) is 4.79 Å². The first kappa shape index (κ1) is 16.9. The number of nitrogens with zero attached hydrogens (tertiary/aromatic N) is 2. The number of nitrogens with one attached hydrogen (secondary N) is 1. The van der Waals surface area contributed by atoms with E-state index in [9.17, 15) is 4.79 Å². The van der Waals surface area contributed by atoms with Gasteiger partial charge in [0.15, 0.2) is 0 Å². The molecule has 3 saturated heterocycles. The van der Waals surface area contributed by atoms with Crippen LogP contribution in [0, 0.1) is 0 Å². The van der Waals surface area contributed by atoms with E-state index in [1.165, 1.54) is 19.4 Å². The van der Waals surface area contributed by atoms with Crippen molar-refractivity contribution in [2.45, 2.75) is 57.2 Å². The molecule has 3 aliphatic heterocycles. The SMILES string of the molecule is CCc1ccc([C@@H]2CCCN2C(=O)NC[C@@H]2CN3CCC[C@H]3CO2)o1. The Hall–Kier alpha value is -1.53. The summed E-state index contributed by atoms with van der Waals surface area (Å²) in [5.41, 5.74) is 0. The van der Waals surface area contributed by atoms with Crippen molar-refractivity contribution in [1.29, 1.82) is 0 Å². The Morgan fingerprint density at radius 3 is 3.00 bits per heavy atom. The van der Waals surface area contributed by atoms with E-state index in [0.717, 1.165) is 50.5 Å².